The van der Waals surface area contributed by atoms with Crippen LogP contribution in [0.15, 0.2) is 24.3 Å². The molecule has 0 atom stereocenters. The van der Waals surface area contributed by atoms with E-state index in [4.69, 9.17) is 10.2 Å². The van der Waals surface area contributed by atoms with Gasteiger partial charge in [-0.15, -0.1) is 0 Å². The molecule has 34 heavy (non-hydrogen) atoms. The molecule has 2 aromatic carbocycles. The minimum absolute atomic E-state index is 0.661. The molecule has 16 nitrogen and oxygen atoms in total. The van der Waals surface area contributed by atoms with E-state index in [1.54, 1.807) is 10.6 Å². The molecule has 0 heterocycles. The molecule has 0 radical (unpaired) electrons. The predicted octanol–water partition coefficient (Wildman–Crippen LogP) is 0.325. The fraction of sp³-hybridized carbons (Fsp3) is 0. The molecule has 0 saturated heterocycles. The molecule has 0 aromatic heterocycles. The Morgan fingerprint density at radius 1 is 0.647 bits per heavy atom. The smallest absolute Gasteiger partial charge is 0.394 e. The third-order valence-corrected chi connectivity index (χ3v) is 4.55. The lowest BCUT2D eigenvalue weighted by Gasteiger charge is -2.22. The van der Waals surface area contributed by atoms with E-state index in [0.717, 1.165) is 12.1 Å². The van der Waals surface area contributed by atoms with E-state index < -0.39 is 90.2 Å². The van der Waals surface area contributed by atoms with Gasteiger partial charge in [0.15, 0.2) is 0 Å². The van der Waals surface area contributed by atoms with Crippen LogP contribution in [0.3, 0.4) is 0 Å². The van der Waals surface area contributed by atoms with Crippen LogP contribution in [0.1, 0.15) is 31.8 Å². The summed E-state index contributed by atoms with van der Waals surface area (Å²) in [6.45, 7) is 0. The number of nitrogens with one attached hydrogen (secondary N) is 2. The highest BCUT2D eigenvalue weighted by molar-refractivity contribution is 6.40. The van der Waals surface area contributed by atoms with Gasteiger partial charge in [0.25, 0.3) is 11.4 Å². The van der Waals surface area contributed by atoms with Crippen LogP contribution in [-0.2, 0) is 19.2 Å². The predicted molar refractivity (Wildman–Crippen MR) is 106 cm³/mol. The fourth-order valence-electron chi connectivity index (χ4n) is 3.23. The van der Waals surface area contributed by atoms with Crippen molar-refractivity contribution in [2.75, 3.05) is 10.6 Å². The van der Waals surface area contributed by atoms with Gasteiger partial charge in [-0.2, -0.15) is 0 Å². The molecule has 0 unspecified atom stereocenters. The van der Waals surface area contributed by atoms with E-state index in [1.165, 1.54) is 0 Å². The van der Waals surface area contributed by atoms with Crippen LogP contribution < -0.4 is 10.6 Å². The number of carboxylic acids is 2. The number of carbonyl (C=O) groups excluding carboxylic acids is 4. The number of nitrogens with zero attached hydrogens (tertiary/aromatic N) is 2. The van der Waals surface area contributed by atoms with Crippen molar-refractivity contribution in [3.63, 3.8) is 0 Å². The monoisotopic (exact) mass is 472 g/mol. The van der Waals surface area contributed by atoms with Gasteiger partial charge in [-0.1, -0.05) is 0 Å². The zero-order valence-corrected chi connectivity index (χ0v) is 16.2. The Bertz CT molecular complexity index is 1290. The number of anilines is 2. The Kier molecular flexibility index (Phi) is 5.57. The molecule has 2 aromatic rings. The highest BCUT2D eigenvalue weighted by Gasteiger charge is 2.43. The van der Waals surface area contributed by atoms with E-state index in [2.05, 4.69) is 0 Å². The first-order valence-electron chi connectivity index (χ1n) is 8.67. The van der Waals surface area contributed by atoms with E-state index in [0.29, 0.717) is 12.1 Å². The number of amides is 2. The van der Waals surface area contributed by atoms with Gasteiger partial charge >= 0.3 is 23.8 Å². The van der Waals surface area contributed by atoms with Crippen molar-refractivity contribution in [3.8, 4) is 0 Å². The quantitative estimate of drug-likeness (QED) is 0.227. The number of ketones is 2. The van der Waals surface area contributed by atoms with Gasteiger partial charge in [-0.3, -0.25) is 39.4 Å². The van der Waals surface area contributed by atoms with Crippen molar-refractivity contribution in [3.05, 3.63) is 66.7 Å². The van der Waals surface area contributed by atoms with Crippen LogP contribution in [0.4, 0.5) is 22.7 Å². The molecule has 0 spiro atoms. The lowest BCUT2D eigenvalue weighted by Crippen LogP contribution is -2.30. The Balaban J connectivity index is 2.40. The van der Waals surface area contributed by atoms with Gasteiger partial charge in [0.2, 0.25) is 11.6 Å². The highest BCUT2D eigenvalue weighted by Crippen LogP contribution is 2.42. The summed E-state index contributed by atoms with van der Waals surface area (Å²) in [7, 11) is 0. The normalized spacial score (nSPS) is 11.6. The number of nitro groups is 2. The number of rotatable bonds is 4. The van der Waals surface area contributed by atoms with E-state index in [9.17, 15) is 49.0 Å². The number of carbonyl (C=O) groups is 6. The van der Waals surface area contributed by atoms with Gasteiger partial charge in [0.1, 0.15) is 11.1 Å². The molecule has 1 aliphatic rings. The maximum atomic E-state index is 13.3. The molecule has 3 rings (SSSR count). The summed E-state index contributed by atoms with van der Waals surface area (Å²) in [5, 5.41) is 44.2. The first-order chi connectivity index (χ1) is 15.9. The second-order valence-electron chi connectivity index (χ2n) is 6.46. The minimum atomic E-state index is -2.01. The largest absolute Gasteiger partial charge is 0.474 e. The zero-order valence-electron chi connectivity index (χ0n) is 16.2. The number of fused-ring (bicyclic) bond motifs is 2. The second-order valence-corrected chi connectivity index (χ2v) is 6.46. The molecule has 0 fully saturated rings. The van der Waals surface area contributed by atoms with Crippen LogP contribution in [-0.4, -0.2) is 55.4 Å². The van der Waals surface area contributed by atoms with Crippen molar-refractivity contribution in [2.45, 2.75) is 0 Å². The molecule has 4 N–H and O–H groups in total. The number of aliphatic carboxylic acids is 2. The number of benzene rings is 2. The van der Waals surface area contributed by atoms with Crippen molar-refractivity contribution < 1.29 is 48.8 Å². The summed E-state index contributed by atoms with van der Waals surface area (Å²) < 4.78 is 0. The molecule has 2 amide bonds. The average Bonchev–Trinajstić information content (AvgIpc) is 2.76. The van der Waals surface area contributed by atoms with Gasteiger partial charge in [0.05, 0.1) is 32.3 Å². The third kappa shape index (κ3) is 3.66. The lowest BCUT2D eigenvalue weighted by molar-refractivity contribution is -0.385. The van der Waals surface area contributed by atoms with Crippen LogP contribution in [0, 0.1) is 20.2 Å². The zero-order chi connectivity index (χ0) is 25.5. The van der Waals surface area contributed by atoms with Crippen molar-refractivity contribution in [1.82, 2.24) is 0 Å². The van der Waals surface area contributed by atoms with Gasteiger partial charge in [-0.25, -0.2) is 9.59 Å². The first-order valence-corrected chi connectivity index (χ1v) is 8.67. The fourth-order valence-corrected chi connectivity index (χ4v) is 3.23. The first kappa shape index (κ1) is 23.1. The molecular formula is C18H8N4O12. The molecule has 172 valence electrons. The molecular weight excluding hydrogens is 464 g/mol. The maximum absolute atomic E-state index is 13.3. The second kappa shape index (κ2) is 8.19. The maximum Gasteiger partial charge on any atom is 0.394 e. The Morgan fingerprint density at radius 3 is 1.24 bits per heavy atom. The summed E-state index contributed by atoms with van der Waals surface area (Å²) in [6, 6.07) is 2.88. The van der Waals surface area contributed by atoms with Crippen LogP contribution in [0.2, 0.25) is 0 Å². The highest BCUT2D eigenvalue weighted by atomic mass is 16.6. The van der Waals surface area contributed by atoms with Gasteiger partial charge in [0, 0.05) is 12.1 Å². The lowest BCUT2D eigenvalue weighted by atomic mass is 9.80. The topological polar surface area (TPSA) is 253 Å². The average molecular weight is 472 g/mol. The number of hydrogen-bond donors (Lipinski definition) is 4. The summed E-state index contributed by atoms with van der Waals surface area (Å²) in [5.74, 6) is -10.2. The van der Waals surface area contributed by atoms with Crippen molar-refractivity contribution in [2.24, 2.45) is 0 Å². The summed E-state index contributed by atoms with van der Waals surface area (Å²) >= 11 is 0. The molecule has 16 heteroatoms. The Hall–Kier alpha value is -5.54. The van der Waals surface area contributed by atoms with E-state index in [1.807, 2.05) is 0 Å². The van der Waals surface area contributed by atoms with E-state index in [-0.39, 0.29) is 0 Å². The van der Waals surface area contributed by atoms with Crippen LogP contribution >= 0.6 is 0 Å². The molecule has 0 bridgehead atoms. The van der Waals surface area contributed by atoms with Crippen LogP contribution in [0.5, 0.6) is 0 Å². The molecule has 0 saturated carbocycles. The summed E-state index contributed by atoms with van der Waals surface area (Å²) in [5.41, 5.74) is -6.99. The number of carboxylic acid groups (broad SMARTS) is 2. The van der Waals surface area contributed by atoms with Crippen molar-refractivity contribution in [1.29, 1.82) is 0 Å². The van der Waals surface area contributed by atoms with E-state index >= 15 is 0 Å². The molecule has 1 aliphatic carbocycles. The number of hydrogen-bond acceptors (Lipinski definition) is 10. The van der Waals surface area contributed by atoms with Gasteiger partial charge in [-0.05, 0) is 12.1 Å². The third-order valence-electron chi connectivity index (χ3n) is 4.55. The Labute approximate surface area is 185 Å². The Morgan fingerprint density at radius 2 is 0.971 bits per heavy atom. The van der Waals surface area contributed by atoms with Crippen LogP contribution in [0.25, 0.3) is 0 Å². The molecule has 0 aliphatic heterocycles. The SMILES string of the molecule is O=C(O)C(=O)Nc1ccc([N+](=O)[O-])c2c1C(=O)c1c([N+](=O)[O-])ccc(NC(=O)C(=O)O)c1C2=O. The van der Waals surface area contributed by atoms with Gasteiger partial charge < -0.3 is 20.8 Å². The van der Waals surface area contributed by atoms with Crippen molar-refractivity contribution >= 4 is 58.1 Å². The standard InChI is InChI=1S/C18H8N4O12/c23-13-9-5(19-15(25)17(27)28)1-3-7(21(31)32)11(9)14(24)10-6(20-16(26)18(29)30)2-4-8(12(10)13)22(33)34/h1-4H,(H,19,25)(H,20,26)(H,27,28)(H,29,30). The summed E-state index contributed by atoms with van der Waals surface area (Å²) in [6.07, 6.45) is 0. The minimum Gasteiger partial charge on any atom is -0.474 e. The number of nitro benzene ring substituents is 2. The summed E-state index contributed by atoms with van der Waals surface area (Å²) in [4.78, 5) is 92.4.